The Bertz CT molecular complexity index is 35.9. The van der Waals surface area contributed by atoms with Crippen LogP contribution in [0, 0.1) is 15.3 Å². The minimum atomic E-state index is -1.75. The SMILES string of the molecule is Cl.O=[N+]([O-])[O-].[Y].[Y]. The molecule has 0 amide bonds. The molecule has 0 atom stereocenters. The Hall–Kier alpha value is 1.70. The normalized spacial score (nSPS) is 3.43. The Morgan fingerprint density at radius 3 is 1.14 bits per heavy atom. The third-order valence-corrected chi connectivity index (χ3v) is 0. The summed E-state index contributed by atoms with van der Waals surface area (Å²) in [4.78, 5) is 8.25. The van der Waals surface area contributed by atoms with Crippen molar-refractivity contribution in [2.45, 2.75) is 0 Å². The van der Waals surface area contributed by atoms with Crippen LogP contribution in [0.4, 0.5) is 0 Å². The maximum atomic E-state index is 8.25. The average Bonchev–Trinajstić information content (AvgIpc) is 0.811. The predicted octanol–water partition coefficient (Wildman–Crippen LogP) is 0.178. The van der Waals surface area contributed by atoms with Gasteiger partial charge in [-0.2, -0.15) is 0 Å². The quantitative estimate of drug-likeness (QED) is 0.468. The maximum absolute atomic E-state index is 8.25. The van der Waals surface area contributed by atoms with Gasteiger partial charge in [-0.3, -0.25) is 0 Å². The fourth-order valence-corrected chi connectivity index (χ4v) is 0. The fraction of sp³-hybridized carbons (Fsp3) is 0. The first kappa shape index (κ1) is 23.4. The third kappa shape index (κ3) is 86.7. The van der Waals surface area contributed by atoms with Gasteiger partial charge in [0, 0.05) is 65.4 Å². The van der Waals surface area contributed by atoms with Crippen LogP contribution in [-0.2, 0) is 65.4 Å². The maximum Gasteiger partial charge on any atom is 0.0689 e. The molecule has 0 aromatic heterocycles. The van der Waals surface area contributed by atoms with Gasteiger partial charge in [-0.1, -0.05) is 0 Å². The summed E-state index contributed by atoms with van der Waals surface area (Å²) in [7, 11) is 0. The number of rotatable bonds is 0. The topological polar surface area (TPSA) is 66.2 Å². The predicted molar refractivity (Wildman–Crippen MR) is 17.6 cm³/mol. The van der Waals surface area contributed by atoms with Gasteiger partial charge in [0.2, 0.25) is 0 Å². The number of hydrogen-bond donors (Lipinski definition) is 0. The van der Waals surface area contributed by atoms with E-state index in [9.17, 15) is 0 Å². The molecule has 7 heavy (non-hydrogen) atoms. The van der Waals surface area contributed by atoms with Crippen molar-refractivity contribution in [2.75, 3.05) is 0 Å². The van der Waals surface area contributed by atoms with Crippen molar-refractivity contribution in [2.24, 2.45) is 0 Å². The minimum absolute atomic E-state index is 0. The largest absolute Gasteiger partial charge is 0.356 e. The van der Waals surface area contributed by atoms with Gasteiger partial charge in [0.25, 0.3) is 0 Å². The first-order valence-electron chi connectivity index (χ1n) is 0.548. The van der Waals surface area contributed by atoms with Crippen LogP contribution in [0.25, 0.3) is 0 Å². The molecule has 2 radical (unpaired) electrons. The van der Waals surface area contributed by atoms with E-state index < -0.39 is 5.09 Å². The second kappa shape index (κ2) is 15.6. The van der Waals surface area contributed by atoms with E-state index in [2.05, 4.69) is 0 Å². The average molecular weight is 276 g/mol. The van der Waals surface area contributed by atoms with E-state index in [0.29, 0.717) is 0 Å². The van der Waals surface area contributed by atoms with Crippen LogP contribution in [0.15, 0.2) is 0 Å². The van der Waals surface area contributed by atoms with Gasteiger partial charge in [-0.15, -0.1) is 12.4 Å². The molecular formula is HClNO3Y2-. The van der Waals surface area contributed by atoms with Crippen molar-refractivity contribution in [3.05, 3.63) is 15.3 Å². The van der Waals surface area contributed by atoms with Crippen LogP contribution >= 0.6 is 12.4 Å². The Morgan fingerprint density at radius 1 is 1.14 bits per heavy atom. The molecule has 7 heteroatoms. The molecule has 0 aromatic rings. The van der Waals surface area contributed by atoms with Gasteiger partial charge in [0.05, 0.1) is 5.09 Å². The van der Waals surface area contributed by atoms with Gasteiger partial charge in [-0.25, -0.2) is 0 Å². The molecular weight excluding hydrogens is 275 g/mol. The summed E-state index contributed by atoms with van der Waals surface area (Å²) in [6.07, 6.45) is 0. The molecule has 0 rings (SSSR count). The van der Waals surface area contributed by atoms with Crippen molar-refractivity contribution in [3.63, 3.8) is 0 Å². The van der Waals surface area contributed by atoms with Crippen LogP contribution in [0.1, 0.15) is 0 Å². The summed E-state index contributed by atoms with van der Waals surface area (Å²) < 4.78 is 0. The van der Waals surface area contributed by atoms with E-state index >= 15 is 0 Å². The van der Waals surface area contributed by atoms with Gasteiger partial charge in [0.15, 0.2) is 0 Å². The second-order valence-electron chi connectivity index (χ2n) is 0.224. The summed E-state index contributed by atoms with van der Waals surface area (Å²) in [5.74, 6) is 0. The van der Waals surface area contributed by atoms with Gasteiger partial charge in [0.1, 0.15) is 0 Å². The molecule has 0 aromatic carbocycles. The summed E-state index contributed by atoms with van der Waals surface area (Å²) >= 11 is 0. The van der Waals surface area contributed by atoms with Gasteiger partial charge >= 0.3 is 0 Å². The van der Waals surface area contributed by atoms with Crippen molar-refractivity contribution in [3.8, 4) is 0 Å². The molecule has 0 aliphatic rings. The van der Waals surface area contributed by atoms with Crippen LogP contribution in [0.5, 0.6) is 0 Å². The van der Waals surface area contributed by atoms with Crippen LogP contribution in [0.3, 0.4) is 0 Å². The Kier molecular flexibility index (Phi) is 52.2. The van der Waals surface area contributed by atoms with Crippen molar-refractivity contribution in [1.82, 2.24) is 0 Å². The van der Waals surface area contributed by atoms with Crippen molar-refractivity contribution >= 4 is 12.4 Å². The molecule has 0 aliphatic heterocycles. The zero-order valence-electron chi connectivity index (χ0n) is 3.23. The number of nitrogens with zero attached hydrogens (tertiary/aromatic N) is 1. The Balaban J connectivity index is -0.0000000150. The molecule has 0 unspecified atom stereocenters. The van der Waals surface area contributed by atoms with Gasteiger partial charge < -0.3 is 15.3 Å². The molecule has 38 valence electrons. The molecule has 0 saturated carbocycles. The minimum Gasteiger partial charge on any atom is -0.356 e. The molecule has 0 heterocycles. The van der Waals surface area contributed by atoms with E-state index in [-0.39, 0.29) is 77.8 Å². The first-order chi connectivity index (χ1) is 1.73. The molecule has 4 nitrogen and oxygen atoms in total. The van der Waals surface area contributed by atoms with Crippen molar-refractivity contribution in [1.29, 1.82) is 0 Å². The molecule has 0 aliphatic carbocycles. The summed E-state index contributed by atoms with van der Waals surface area (Å²) in [5, 5.41) is 14.8. The molecule has 0 fully saturated rings. The van der Waals surface area contributed by atoms with E-state index in [4.69, 9.17) is 15.3 Å². The Labute approximate surface area is 96.7 Å². The monoisotopic (exact) mass is 276 g/mol. The van der Waals surface area contributed by atoms with Crippen LogP contribution in [-0.4, -0.2) is 5.09 Å². The second-order valence-corrected chi connectivity index (χ2v) is 0.224. The van der Waals surface area contributed by atoms with E-state index in [0.717, 1.165) is 0 Å². The van der Waals surface area contributed by atoms with E-state index in [1.807, 2.05) is 0 Å². The van der Waals surface area contributed by atoms with Gasteiger partial charge in [-0.05, 0) is 0 Å². The fourth-order valence-electron chi connectivity index (χ4n) is 0. The third-order valence-electron chi connectivity index (χ3n) is 0. The molecule has 0 saturated heterocycles. The van der Waals surface area contributed by atoms with Crippen LogP contribution in [0.2, 0.25) is 0 Å². The summed E-state index contributed by atoms with van der Waals surface area (Å²) in [6, 6.07) is 0. The Morgan fingerprint density at radius 2 is 1.14 bits per heavy atom. The number of halogens is 1. The molecule has 0 bridgehead atoms. The standard InChI is InChI=1S/ClH.NO3.2Y/c;2-1(3)4;;/h1H;;;/q;-1;;. The first-order valence-corrected chi connectivity index (χ1v) is 0.548. The smallest absolute Gasteiger partial charge is 0.0689 e. The zero-order valence-corrected chi connectivity index (χ0v) is 9.73. The zero-order chi connectivity index (χ0) is 3.58. The molecule has 0 spiro atoms. The summed E-state index contributed by atoms with van der Waals surface area (Å²) in [6.45, 7) is 0. The molecule has 0 N–H and O–H groups in total. The number of hydrogen-bond acceptors (Lipinski definition) is 3. The van der Waals surface area contributed by atoms with E-state index in [1.54, 1.807) is 0 Å². The van der Waals surface area contributed by atoms with E-state index in [1.165, 1.54) is 0 Å². The van der Waals surface area contributed by atoms with Crippen molar-refractivity contribution < 1.29 is 70.5 Å². The summed E-state index contributed by atoms with van der Waals surface area (Å²) in [5.41, 5.74) is 0. The van der Waals surface area contributed by atoms with Crippen LogP contribution < -0.4 is 0 Å².